The Kier molecular flexibility index (Phi) is 6.70. The summed E-state index contributed by atoms with van der Waals surface area (Å²) in [6.45, 7) is 3.66. The minimum atomic E-state index is -0.761. The molecule has 0 aliphatic carbocycles. The van der Waals surface area contributed by atoms with Crippen molar-refractivity contribution in [3.63, 3.8) is 0 Å². The molecule has 5 nitrogen and oxygen atoms in total. The van der Waals surface area contributed by atoms with Crippen LogP contribution in [0.15, 0.2) is 18.2 Å². The topological polar surface area (TPSA) is 59.0 Å². The predicted molar refractivity (Wildman–Crippen MR) is 78.9 cm³/mol. The number of carboxylic acids is 1. The van der Waals surface area contributed by atoms with Gasteiger partial charge in [-0.2, -0.15) is 0 Å². The van der Waals surface area contributed by atoms with Crippen molar-refractivity contribution in [2.75, 3.05) is 32.2 Å². The Labute approximate surface area is 120 Å². The van der Waals surface area contributed by atoms with Crippen LogP contribution in [0.3, 0.4) is 0 Å². The van der Waals surface area contributed by atoms with Crippen LogP contribution in [-0.4, -0.2) is 38.4 Å². The molecule has 0 spiro atoms. The third-order valence-corrected chi connectivity index (χ3v) is 3.04. The quantitative estimate of drug-likeness (QED) is 0.754. The molecule has 1 aromatic rings. The van der Waals surface area contributed by atoms with E-state index in [1.807, 2.05) is 18.2 Å². The standard InChI is InChI=1S/C15H23NO4/c1-4-9-16(10-5-6-15(17)18)13-8-7-12(19-2)11-14(13)20-3/h7-8,11H,4-6,9-10H2,1-3H3,(H,17,18). The van der Waals surface area contributed by atoms with Crippen LogP contribution in [0.2, 0.25) is 0 Å². The molecule has 5 heteroatoms. The average molecular weight is 281 g/mol. The van der Waals surface area contributed by atoms with Gasteiger partial charge in [0.15, 0.2) is 0 Å². The Morgan fingerprint density at radius 2 is 2.00 bits per heavy atom. The lowest BCUT2D eigenvalue weighted by atomic mass is 10.2. The van der Waals surface area contributed by atoms with Gasteiger partial charge in [-0.1, -0.05) is 6.92 Å². The van der Waals surface area contributed by atoms with E-state index in [0.717, 1.165) is 30.2 Å². The van der Waals surface area contributed by atoms with E-state index < -0.39 is 5.97 Å². The second kappa shape index (κ2) is 8.30. The van der Waals surface area contributed by atoms with E-state index in [4.69, 9.17) is 14.6 Å². The monoisotopic (exact) mass is 281 g/mol. The van der Waals surface area contributed by atoms with Crippen molar-refractivity contribution < 1.29 is 19.4 Å². The summed E-state index contributed by atoms with van der Waals surface area (Å²) in [4.78, 5) is 12.8. The van der Waals surface area contributed by atoms with Gasteiger partial charge in [0.25, 0.3) is 0 Å². The summed E-state index contributed by atoms with van der Waals surface area (Å²) < 4.78 is 10.6. The number of carbonyl (C=O) groups is 1. The normalized spacial score (nSPS) is 10.2. The van der Waals surface area contributed by atoms with Gasteiger partial charge < -0.3 is 19.5 Å². The molecule has 0 unspecified atom stereocenters. The molecule has 20 heavy (non-hydrogen) atoms. The molecule has 0 bridgehead atoms. The van der Waals surface area contributed by atoms with Gasteiger partial charge in [-0.3, -0.25) is 4.79 Å². The smallest absolute Gasteiger partial charge is 0.303 e. The molecule has 0 aliphatic rings. The Bertz CT molecular complexity index is 434. The van der Waals surface area contributed by atoms with Crippen LogP contribution in [0.1, 0.15) is 26.2 Å². The number of carboxylic acid groups (broad SMARTS) is 1. The summed E-state index contributed by atoms with van der Waals surface area (Å²) in [5.74, 6) is 0.726. The Balaban J connectivity index is 2.86. The first kappa shape index (κ1) is 16.1. The van der Waals surface area contributed by atoms with Crippen LogP contribution in [0.25, 0.3) is 0 Å². The SMILES string of the molecule is CCCN(CCCC(=O)O)c1ccc(OC)cc1OC. The van der Waals surface area contributed by atoms with Crippen molar-refractivity contribution in [2.24, 2.45) is 0 Å². The van der Waals surface area contributed by atoms with Crippen LogP contribution in [0.4, 0.5) is 5.69 Å². The van der Waals surface area contributed by atoms with Crippen LogP contribution >= 0.6 is 0 Å². The largest absolute Gasteiger partial charge is 0.497 e. The van der Waals surface area contributed by atoms with Crippen molar-refractivity contribution in [2.45, 2.75) is 26.2 Å². The number of nitrogens with zero attached hydrogens (tertiary/aromatic N) is 1. The molecule has 1 N–H and O–H groups in total. The van der Waals surface area contributed by atoms with Crippen molar-refractivity contribution >= 4 is 11.7 Å². The molecule has 0 aliphatic heterocycles. The number of benzene rings is 1. The molecular weight excluding hydrogens is 258 g/mol. The van der Waals surface area contributed by atoms with E-state index in [0.29, 0.717) is 13.0 Å². The molecule has 112 valence electrons. The number of anilines is 1. The third kappa shape index (κ3) is 4.64. The number of hydrogen-bond acceptors (Lipinski definition) is 4. The second-order valence-electron chi connectivity index (χ2n) is 4.52. The Morgan fingerprint density at radius 1 is 1.25 bits per heavy atom. The molecule has 0 heterocycles. The zero-order valence-corrected chi connectivity index (χ0v) is 12.4. The van der Waals surface area contributed by atoms with Crippen LogP contribution < -0.4 is 14.4 Å². The molecule has 0 saturated heterocycles. The summed E-state index contributed by atoms with van der Waals surface area (Å²) in [6.07, 6.45) is 1.78. The number of ether oxygens (including phenoxy) is 2. The first-order chi connectivity index (χ1) is 9.62. The van der Waals surface area contributed by atoms with E-state index >= 15 is 0 Å². The fourth-order valence-electron chi connectivity index (χ4n) is 2.09. The number of aliphatic carboxylic acids is 1. The second-order valence-corrected chi connectivity index (χ2v) is 4.52. The molecular formula is C15H23NO4. The van der Waals surface area contributed by atoms with Crippen molar-refractivity contribution in [1.82, 2.24) is 0 Å². The van der Waals surface area contributed by atoms with Crippen LogP contribution in [0.5, 0.6) is 11.5 Å². The lowest BCUT2D eigenvalue weighted by Crippen LogP contribution is -2.26. The predicted octanol–water partition coefficient (Wildman–Crippen LogP) is 2.79. The van der Waals surface area contributed by atoms with Gasteiger partial charge >= 0.3 is 5.97 Å². The number of hydrogen-bond donors (Lipinski definition) is 1. The summed E-state index contributed by atoms with van der Waals surface area (Å²) >= 11 is 0. The Hall–Kier alpha value is -1.91. The number of rotatable bonds is 9. The molecule has 1 aromatic carbocycles. The number of methoxy groups -OCH3 is 2. The highest BCUT2D eigenvalue weighted by atomic mass is 16.5. The van der Waals surface area contributed by atoms with E-state index in [-0.39, 0.29) is 6.42 Å². The summed E-state index contributed by atoms with van der Waals surface area (Å²) in [7, 11) is 3.24. The van der Waals surface area contributed by atoms with E-state index in [2.05, 4.69) is 11.8 Å². The van der Waals surface area contributed by atoms with Gasteiger partial charge in [0.05, 0.1) is 19.9 Å². The van der Waals surface area contributed by atoms with E-state index in [1.165, 1.54) is 0 Å². The van der Waals surface area contributed by atoms with Crippen molar-refractivity contribution in [1.29, 1.82) is 0 Å². The molecule has 0 fully saturated rings. The van der Waals surface area contributed by atoms with Gasteiger partial charge in [-0.25, -0.2) is 0 Å². The Morgan fingerprint density at radius 3 is 2.55 bits per heavy atom. The maximum Gasteiger partial charge on any atom is 0.303 e. The van der Waals surface area contributed by atoms with Crippen molar-refractivity contribution in [3.8, 4) is 11.5 Å². The van der Waals surface area contributed by atoms with Crippen LogP contribution in [-0.2, 0) is 4.79 Å². The van der Waals surface area contributed by atoms with E-state index in [9.17, 15) is 4.79 Å². The van der Waals surface area contributed by atoms with Gasteiger partial charge in [0.1, 0.15) is 11.5 Å². The van der Waals surface area contributed by atoms with Gasteiger partial charge in [-0.15, -0.1) is 0 Å². The fourth-order valence-corrected chi connectivity index (χ4v) is 2.09. The summed E-state index contributed by atoms with van der Waals surface area (Å²) in [5.41, 5.74) is 0.973. The summed E-state index contributed by atoms with van der Waals surface area (Å²) in [5, 5.41) is 8.74. The maximum absolute atomic E-state index is 10.6. The molecule has 0 atom stereocenters. The lowest BCUT2D eigenvalue weighted by Gasteiger charge is -2.26. The minimum absolute atomic E-state index is 0.179. The average Bonchev–Trinajstić information content (AvgIpc) is 2.45. The fraction of sp³-hybridized carbons (Fsp3) is 0.533. The van der Waals surface area contributed by atoms with Gasteiger partial charge in [0, 0.05) is 25.6 Å². The molecule has 0 aromatic heterocycles. The van der Waals surface area contributed by atoms with Crippen molar-refractivity contribution in [3.05, 3.63) is 18.2 Å². The zero-order chi connectivity index (χ0) is 15.0. The minimum Gasteiger partial charge on any atom is -0.497 e. The van der Waals surface area contributed by atoms with Crippen LogP contribution in [0, 0.1) is 0 Å². The van der Waals surface area contributed by atoms with E-state index in [1.54, 1.807) is 14.2 Å². The van der Waals surface area contributed by atoms with Gasteiger partial charge in [0.2, 0.25) is 0 Å². The molecule has 0 radical (unpaired) electrons. The lowest BCUT2D eigenvalue weighted by molar-refractivity contribution is -0.137. The first-order valence-electron chi connectivity index (χ1n) is 6.81. The third-order valence-electron chi connectivity index (χ3n) is 3.04. The zero-order valence-electron chi connectivity index (χ0n) is 12.4. The maximum atomic E-state index is 10.6. The molecule has 0 amide bonds. The molecule has 1 rings (SSSR count). The van der Waals surface area contributed by atoms with Gasteiger partial charge in [-0.05, 0) is 25.0 Å². The highest BCUT2D eigenvalue weighted by Gasteiger charge is 2.13. The first-order valence-corrected chi connectivity index (χ1v) is 6.81. The highest BCUT2D eigenvalue weighted by Crippen LogP contribution is 2.32. The summed E-state index contributed by atoms with van der Waals surface area (Å²) in [6, 6.07) is 5.68. The molecule has 0 saturated carbocycles. The highest BCUT2D eigenvalue weighted by molar-refractivity contribution is 5.67.